The second-order valence-corrected chi connectivity index (χ2v) is 9.51. The summed E-state index contributed by atoms with van der Waals surface area (Å²) in [5, 5.41) is 6.53. The number of hydrogen-bond acceptors (Lipinski definition) is 2. The summed E-state index contributed by atoms with van der Waals surface area (Å²) in [6, 6.07) is 13.1. The number of halogens is 3. The minimum absolute atomic E-state index is 0.0643. The van der Waals surface area contributed by atoms with E-state index in [0.717, 1.165) is 36.2 Å². The summed E-state index contributed by atoms with van der Waals surface area (Å²) in [5.41, 5.74) is 3.81. The van der Waals surface area contributed by atoms with Crippen molar-refractivity contribution in [1.29, 1.82) is 0 Å². The fraction of sp³-hybridized carbons (Fsp3) is 0.333. The van der Waals surface area contributed by atoms with Crippen LogP contribution < -0.4 is 0 Å². The highest BCUT2D eigenvalue weighted by Crippen LogP contribution is 2.37. The first kappa shape index (κ1) is 20.9. The molecule has 1 aliphatic heterocycles. The summed E-state index contributed by atoms with van der Waals surface area (Å²) in [6.45, 7) is 0.710. The van der Waals surface area contributed by atoms with Crippen molar-refractivity contribution < 1.29 is 4.79 Å². The minimum atomic E-state index is 0.0643. The zero-order chi connectivity index (χ0) is 21.5. The number of nitrogens with zero attached hydrogens (tertiary/aromatic N) is 3. The predicted octanol–water partition coefficient (Wildman–Crippen LogP) is 6.83. The van der Waals surface area contributed by atoms with Crippen molar-refractivity contribution in [2.24, 2.45) is 0 Å². The van der Waals surface area contributed by atoms with Crippen LogP contribution in [0.2, 0.25) is 15.1 Å². The Morgan fingerprint density at radius 2 is 1.61 bits per heavy atom. The largest absolute Gasteiger partial charge is 0.335 e. The van der Waals surface area contributed by atoms with Gasteiger partial charge in [-0.15, -0.1) is 0 Å². The van der Waals surface area contributed by atoms with Crippen LogP contribution in [0.15, 0.2) is 42.5 Å². The Labute approximate surface area is 196 Å². The lowest BCUT2D eigenvalue weighted by molar-refractivity contribution is 0.0615. The normalized spacial score (nSPS) is 17.1. The highest BCUT2D eigenvalue weighted by Gasteiger charge is 2.36. The maximum atomic E-state index is 13.8. The SMILES string of the molecule is O=C1c2c(nn(-c3ccc(Cl)cc3Cl)c2-c2ccc(Cl)cc2)CCN1C1CCCCC1. The number of fused-ring (bicyclic) bond motifs is 1. The van der Waals surface area contributed by atoms with Gasteiger partial charge in [0.25, 0.3) is 5.91 Å². The Kier molecular flexibility index (Phi) is 5.72. The van der Waals surface area contributed by atoms with Gasteiger partial charge in [-0.25, -0.2) is 4.68 Å². The number of rotatable bonds is 3. The van der Waals surface area contributed by atoms with E-state index in [1.807, 2.05) is 30.3 Å². The number of carbonyl (C=O) groups excluding carboxylic acids is 1. The van der Waals surface area contributed by atoms with Crippen LogP contribution in [-0.4, -0.2) is 33.2 Å². The molecule has 2 aliphatic rings. The Bertz CT molecular complexity index is 1130. The fourth-order valence-corrected chi connectivity index (χ4v) is 5.39. The first-order valence-corrected chi connectivity index (χ1v) is 11.8. The van der Waals surface area contributed by atoms with E-state index in [1.54, 1.807) is 16.8 Å². The molecule has 0 N–H and O–H groups in total. The fourth-order valence-electron chi connectivity index (χ4n) is 4.78. The lowest BCUT2D eigenvalue weighted by Gasteiger charge is -2.36. The van der Waals surface area contributed by atoms with Crippen molar-refractivity contribution >= 4 is 40.7 Å². The summed E-state index contributed by atoms with van der Waals surface area (Å²) >= 11 is 18.8. The zero-order valence-electron chi connectivity index (χ0n) is 17.0. The highest BCUT2D eigenvalue weighted by atomic mass is 35.5. The second-order valence-electron chi connectivity index (χ2n) is 8.23. The van der Waals surface area contributed by atoms with E-state index in [2.05, 4.69) is 4.90 Å². The molecule has 7 heteroatoms. The van der Waals surface area contributed by atoms with Crippen molar-refractivity contribution in [2.75, 3.05) is 6.54 Å². The number of benzene rings is 2. The first-order chi connectivity index (χ1) is 15.0. The smallest absolute Gasteiger partial charge is 0.258 e. The molecule has 1 saturated carbocycles. The molecule has 2 heterocycles. The summed E-state index contributed by atoms with van der Waals surface area (Å²) in [6.07, 6.45) is 6.52. The molecule has 0 bridgehead atoms. The van der Waals surface area contributed by atoms with Gasteiger partial charge in [-0.1, -0.05) is 66.2 Å². The molecule has 0 saturated heterocycles. The molecule has 1 fully saturated rings. The monoisotopic (exact) mass is 473 g/mol. The first-order valence-electron chi connectivity index (χ1n) is 10.7. The maximum absolute atomic E-state index is 13.8. The van der Waals surface area contributed by atoms with Gasteiger partial charge in [-0.05, 0) is 43.2 Å². The van der Waals surface area contributed by atoms with Gasteiger partial charge < -0.3 is 4.90 Å². The Hall–Kier alpha value is -2.01. The third-order valence-electron chi connectivity index (χ3n) is 6.29. The van der Waals surface area contributed by atoms with Gasteiger partial charge in [0.05, 0.1) is 27.7 Å². The van der Waals surface area contributed by atoms with Crippen LogP contribution >= 0.6 is 34.8 Å². The van der Waals surface area contributed by atoms with Gasteiger partial charge >= 0.3 is 0 Å². The summed E-state index contributed by atoms with van der Waals surface area (Å²) in [5.74, 6) is 0.0643. The second kappa shape index (κ2) is 8.50. The number of amides is 1. The van der Waals surface area contributed by atoms with Crippen LogP contribution in [0.3, 0.4) is 0 Å². The molecule has 3 aromatic rings. The summed E-state index contributed by atoms with van der Waals surface area (Å²) in [7, 11) is 0. The highest BCUT2D eigenvalue weighted by molar-refractivity contribution is 6.35. The van der Waals surface area contributed by atoms with Crippen LogP contribution in [0.25, 0.3) is 16.9 Å². The molecule has 2 aromatic carbocycles. The average Bonchev–Trinajstić information content (AvgIpc) is 3.15. The molecule has 5 rings (SSSR count). The third-order valence-corrected chi connectivity index (χ3v) is 7.08. The quantitative estimate of drug-likeness (QED) is 0.417. The van der Waals surface area contributed by atoms with Gasteiger partial charge in [0.2, 0.25) is 0 Å². The molecule has 160 valence electrons. The van der Waals surface area contributed by atoms with E-state index in [-0.39, 0.29) is 5.91 Å². The van der Waals surface area contributed by atoms with Gasteiger partial charge in [0, 0.05) is 34.6 Å². The third kappa shape index (κ3) is 3.86. The van der Waals surface area contributed by atoms with E-state index in [9.17, 15) is 4.79 Å². The van der Waals surface area contributed by atoms with Gasteiger partial charge in [-0.2, -0.15) is 5.10 Å². The van der Waals surface area contributed by atoms with Gasteiger partial charge in [0.1, 0.15) is 0 Å². The molecule has 1 aliphatic carbocycles. The molecule has 1 aromatic heterocycles. The van der Waals surface area contributed by atoms with E-state index >= 15 is 0 Å². The lowest BCUT2D eigenvalue weighted by atomic mass is 9.91. The average molecular weight is 475 g/mol. The van der Waals surface area contributed by atoms with Crippen molar-refractivity contribution in [3.05, 3.63) is 68.8 Å². The van der Waals surface area contributed by atoms with Crippen LogP contribution in [0.1, 0.15) is 48.2 Å². The maximum Gasteiger partial charge on any atom is 0.258 e. The van der Waals surface area contributed by atoms with Crippen molar-refractivity contribution in [3.8, 4) is 16.9 Å². The molecule has 0 atom stereocenters. The molecule has 0 radical (unpaired) electrons. The molecule has 0 unspecified atom stereocenters. The lowest BCUT2D eigenvalue weighted by Crippen LogP contribution is -2.45. The van der Waals surface area contributed by atoms with Gasteiger partial charge in [-0.3, -0.25) is 4.79 Å². The van der Waals surface area contributed by atoms with E-state index in [4.69, 9.17) is 39.9 Å². The summed E-state index contributed by atoms with van der Waals surface area (Å²) < 4.78 is 1.79. The molecular weight excluding hydrogens is 453 g/mol. The van der Waals surface area contributed by atoms with E-state index < -0.39 is 0 Å². The van der Waals surface area contributed by atoms with E-state index in [0.29, 0.717) is 38.9 Å². The number of aromatic nitrogens is 2. The molecule has 31 heavy (non-hydrogen) atoms. The molecule has 4 nitrogen and oxygen atoms in total. The Morgan fingerprint density at radius 1 is 0.903 bits per heavy atom. The molecular formula is C24H22Cl3N3O. The van der Waals surface area contributed by atoms with Gasteiger partial charge in [0.15, 0.2) is 0 Å². The van der Waals surface area contributed by atoms with Crippen LogP contribution in [0, 0.1) is 0 Å². The van der Waals surface area contributed by atoms with Crippen LogP contribution in [0.4, 0.5) is 0 Å². The Balaban J connectivity index is 1.67. The Morgan fingerprint density at radius 3 is 2.32 bits per heavy atom. The van der Waals surface area contributed by atoms with E-state index in [1.165, 1.54) is 19.3 Å². The topological polar surface area (TPSA) is 38.1 Å². The zero-order valence-corrected chi connectivity index (χ0v) is 19.2. The molecule has 1 amide bonds. The van der Waals surface area contributed by atoms with Crippen molar-refractivity contribution in [1.82, 2.24) is 14.7 Å². The predicted molar refractivity (Wildman–Crippen MR) is 126 cm³/mol. The van der Waals surface area contributed by atoms with Crippen molar-refractivity contribution in [3.63, 3.8) is 0 Å². The van der Waals surface area contributed by atoms with Crippen LogP contribution in [-0.2, 0) is 6.42 Å². The number of carbonyl (C=O) groups is 1. The number of hydrogen-bond donors (Lipinski definition) is 0. The summed E-state index contributed by atoms with van der Waals surface area (Å²) in [4.78, 5) is 15.8. The minimum Gasteiger partial charge on any atom is -0.335 e. The molecule has 0 spiro atoms. The van der Waals surface area contributed by atoms with Crippen LogP contribution in [0.5, 0.6) is 0 Å². The van der Waals surface area contributed by atoms with Crippen molar-refractivity contribution in [2.45, 2.75) is 44.6 Å². The standard InChI is InChI=1S/C24H22Cl3N3O/c25-16-8-6-15(7-9-16)23-22-20(28-30(23)21-11-10-17(26)14-19(21)27)12-13-29(24(22)31)18-4-2-1-3-5-18/h6-11,14,18H,1-5,12-13H2.